The van der Waals surface area contributed by atoms with Crippen molar-refractivity contribution in [1.29, 1.82) is 0 Å². The van der Waals surface area contributed by atoms with E-state index in [9.17, 15) is 9.90 Å². The van der Waals surface area contributed by atoms with Crippen LogP contribution in [0.5, 0.6) is 0 Å². The van der Waals surface area contributed by atoms with Gasteiger partial charge in [0.05, 0.1) is 31.5 Å². The number of hydrogen-bond donors (Lipinski definition) is 1. The zero-order valence-corrected chi connectivity index (χ0v) is 15.9. The van der Waals surface area contributed by atoms with Gasteiger partial charge in [-0.2, -0.15) is 0 Å². The van der Waals surface area contributed by atoms with Crippen LogP contribution in [0.4, 0.5) is 0 Å². The second-order valence-electron chi connectivity index (χ2n) is 8.48. The van der Waals surface area contributed by atoms with Crippen molar-refractivity contribution in [3.8, 4) is 0 Å². The minimum atomic E-state index is -0.610. The second kappa shape index (κ2) is 8.38. The lowest BCUT2D eigenvalue weighted by Gasteiger charge is -2.44. The zero-order valence-electron chi connectivity index (χ0n) is 15.9. The summed E-state index contributed by atoms with van der Waals surface area (Å²) in [7, 11) is 0. The first-order valence-electron chi connectivity index (χ1n) is 9.74. The Kier molecular flexibility index (Phi) is 6.38. The highest BCUT2D eigenvalue weighted by Gasteiger charge is 2.44. The van der Waals surface area contributed by atoms with Gasteiger partial charge in [-0.1, -0.05) is 13.5 Å². The van der Waals surface area contributed by atoms with Crippen LogP contribution in [0.15, 0.2) is 12.2 Å². The molecule has 6 nitrogen and oxygen atoms in total. The van der Waals surface area contributed by atoms with E-state index in [1.165, 1.54) is 19.3 Å². The van der Waals surface area contributed by atoms with Crippen LogP contribution < -0.4 is 0 Å². The number of aliphatic hydroxyl groups excluding tert-OH is 1. The Balaban J connectivity index is 0.000000201. The van der Waals surface area contributed by atoms with Gasteiger partial charge in [-0.15, -0.1) is 0 Å². The van der Waals surface area contributed by atoms with Crippen LogP contribution in [0.25, 0.3) is 0 Å². The molecule has 5 unspecified atom stereocenters. The van der Waals surface area contributed by atoms with Crippen molar-refractivity contribution in [2.45, 2.75) is 76.8 Å². The van der Waals surface area contributed by atoms with Crippen molar-refractivity contribution < 1.29 is 28.8 Å². The molecule has 6 heteroatoms. The Labute approximate surface area is 155 Å². The number of fused-ring (bicyclic) bond motifs is 1. The van der Waals surface area contributed by atoms with Gasteiger partial charge in [0, 0.05) is 11.0 Å². The molecule has 0 amide bonds. The predicted octanol–water partition coefficient (Wildman–Crippen LogP) is 2.58. The highest BCUT2D eigenvalue weighted by atomic mass is 16.7. The van der Waals surface area contributed by atoms with E-state index in [1.807, 2.05) is 0 Å². The van der Waals surface area contributed by atoms with Crippen LogP contribution in [0.2, 0.25) is 0 Å². The molecule has 2 aliphatic carbocycles. The van der Waals surface area contributed by atoms with E-state index in [0.29, 0.717) is 50.6 Å². The van der Waals surface area contributed by atoms with Gasteiger partial charge >= 0.3 is 5.97 Å². The van der Waals surface area contributed by atoms with Crippen molar-refractivity contribution in [1.82, 2.24) is 0 Å². The summed E-state index contributed by atoms with van der Waals surface area (Å²) in [5.41, 5.74) is 0.218. The number of carbonyl (C=O) groups is 1. The van der Waals surface area contributed by atoms with Gasteiger partial charge in [-0.25, -0.2) is 4.79 Å². The average Bonchev–Trinajstić information content (AvgIpc) is 3.38. The highest BCUT2D eigenvalue weighted by molar-refractivity contribution is 5.87. The first-order valence-corrected chi connectivity index (χ1v) is 9.74. The first-order chi connectivity index (χ1) is 12.4. The predicted molar refractivity (Wildman–Crippen MR) is 95.4 cm³/mol. The number of ether oxygens (including phenoxy) is 4. The fraction of sp³-hybridized carbons (Fsp3) is 0.850. The molecule has 2 saturated carbocycles. The van der Waals surface area contributed by atoms with Crippen LogP contribution in [-0.2, 0) is 23.7 Å². The largest absolute Gasteiger partial charge is 0.456 e. The molecule has 4 aliphatic rings. The minimum Gasteiger partial charge on any atom is -0.456 e. The fourth-order valence-electron chi connectivity index (χ4n) is 4.15. The molecule has 4 fully saturated rings. The third-order valence-electron chi connectivity index (χ3n) is 5.89. The maximum absolute atomic E-state index is 11.5. The van der Waals surface area contributed by atoms with E-state index in [1.54, 1.807) is 6.92 Å². The molecule has 0 aromatic heterocycles. The third-order valence-corrected chi connectivity index (χ3v) is 5.89. The molecule has 2 aliphatic heterocycles. The Morgan fingerprint density at radius 1 is 1.19 bits per heavy atom. The SMILES string of the molecule is C=C(C)C(=O)OC1CC2(CCC1O)COCOC2.CC1CCC2OC2C1. The van der Waals surface area contributed by atoms with E-state index in [4.69, 9.17) is 18.9 Å². The maximum atomic E-state index is 11.5. The molecule has 148 valence electrons. The third kappa shape index (κ3) is 5.06. The molecular formula is C20H32O6. The summed E-state index contributed by atoms with van der Waals surface area (Å²) in [6.45, 7) is 8.97. The van der Waals surface area contributed by atoms with E-state index in [-0.39, 0.29) is 5.41 Å². The van der Waals surface area contributed by atoms with Crippen molar-refractivity contribution in [3.05, 3.63) is 12.2 Å². The van der Waals surface area contributed by atoms with Gasteiger partial charge in [0.15, 0.2) is 0 Å². The lowest BCUT2D eigenvalue weighted by Crippen LogP contribution is -2.48. The maximum Gasteiger partial charge on any atom is 0.333 e. The summed E-state index contributed by atoms with van der Waals surface area (Å²) in [5.74, 6) is 0.479. The number of epoxide rings is 1. The van der Waals surface area contributed by atoms with Crippen molar-refractivity contribution in [2.75, 3.05) is 20.0 Å². The molecule has 0 radical (unpaired) electrons. The monoisotopic (exact) mass is 368 g/mol. The van der Waals surface area contributed by atoms with Crippen LogP contribution >= 0.6 is 0 Å². The van der Waals surface area contributed by atoms with Crippen LogP contribution in [0.1, 0.15) is 52.4 Å². The second-order valence-corrected chi connectivity index (χ2v) is 8.48. The first kappa shape index (κ1) is 19.8. The molecule has 2 heterocycles. The van der Waals surface area contributed by atoms with E-state index in [0.717, 1.165) is 12.3 Å². The summed E-state index contributed by atoms with van der Waals surface area (Å²) in [4.78, 5) is 11.5. The fourth-order valence-corrected chi connectivity index (χ4v) is 4.15. The van der Waals surface area contributed by atoms with Gasteiger partial charge in [-0.05, 0) is 51.4 Å². The van der Waals surface area contributed by atoms with Gasteiger partial charge < -0.3 is 24.1 Å². The quantitative estimate of drug-likeness (QED) is 0.459. The number of esters is 1. The molecule has 0 aromatic carbocycles. The average molecular weight is 368 g/mol. The lowest BCUT2D eigenvalue weighted by molar-refractivity contribution is -0.200. The number of hydrogen-bond acceptors (Lipinski definition) is 6. The summed E-state index contributed by atoms with van der Waals surface area (Å²) in [5, 5.41) is 9.93. The minimum absolute atomic E-state index is 0.127. The lowest BCUT2D eigenvalue weighted by atomic mass is 9.72. The molecule has 0 aromatic rings. The zero-order chi connectivity index (χ0) is 18.7. The summed E-state index contributed by atoms with van der Waals surface area (Å²) in [6.07, 6.45) is 6.31. The standard InChI is InChI=1S/C13H20O5.C7H12O/c1-9(2)12(15)18-11-5-13(4-3-10(11)14)6-16-8-17-7-13;1-5-2-3-6-7(4-5)8-6/h10-11,14H,1,3-8H2,2H3;5-7H,2-4H2,1H3. The van der Waals surface area contributed by atoms with E-state index in [2.05, 4.69) is 13.5 Å². The van der Waals surface area contributed by atoms with Gasteiger partial charge in [0.25, 0.3) is 0 Å². The van der Waals surface area contributed by atoms with Gasteiger partial charge in [0.2, 0.25) is 0 Å². The highest BCUT2D eigenvalue weighted by Crippen LogP contribution is 2.40. The normalized spacial score (nSPS) is 37.7. The molecule has 4 rings (SSSR count). The van der Waals surface area contributed by atoms with Crippen molar-refractivity contribution in [3.63, 3.8) is 0 Å². The van der Waals surface area contributed by atoms with Gasteiger partial charge in [0.1, 0.15) is 12.9 Å². The number of rotatable bonds is 2. The van der Waals surface area contributed by atoms with Crippen LogP contribution in [0.3, 0.4) is 0 Å². The molecule has 26 heavy (non-hydrogen) atoms. The van der Waals surface area contributed by atoms with Crippen LogP contribution in [0, 0.1) is 11.3 Å². The van der Waals surface area contributed by atoms with Gasteiger partial charge in [-0.3, -0.25) is 0 Å². The topological polar surface area (TPSA) is 77.5 Å². The van der Waals surface area contributed by atoms with E-state index < -0.39 is 18.2 Å². The summed E-state index contributed by atoms with van der Waals surface area (Å²) >= 11 is 0. The Morgan fingerprint density at radius 2 is 1.92 bits per heavy atom. The smallest absolute Gasteiger partial charge is 0.333 e. The molecule has 1 spiro atoms. The molecular weight excluding hydrogens is 336 g/mol. The Hall–Kier alpha value is -0.950. The Morgan fingerprint density at radius 3 is 2.54 bits per heavy atom. The Bertz CT molecular complexity index is 512. The molecule has 2 saturated heterocycles. The molecule has 5 atom stereocenters. The van der Waals surface area contributed by atoms with E-state index >= 15 is 0 Å². The number of carbonyl (C=O) groups excluding carboxylic acids is 1. The van der Waals surface area contributed by atoms with Crippen molar-refractivity contribution in [2.24, 2.45) is 11.3 Å². The molecule has 1 N–H and O–H groups in total. The number of aliphatic hydroxyl groups is 1. The van der Waals surface area contributed by atoms with Crippen LogP contribution in [-0.4, -0.2) is 55.5 Å². The summed E-state index contributed by atoms with van der Waals surface area (Å²) in [6, 6.07) is 0. The summed E-state index contributed by atoms with van der Waals surface area (Å²) < 4.78 is 21.3. The van der Waals surface area contributed by atoms with Crippen molar-refractivity contribution >= 4 is 5.97 Å². The molecule has 0 bridgehead atoms.